The van der Waals surface area contributed by atoms with E-state index in [1.54, 1.807) is 0 Å². The van der Waals surface area contributed by atoms with E-state index >= 15 is 0 Å². The van der Waals surface area contributed by atoms with Gasteiger partial charge in [-0.2, -0.15) is 13.5 Å². The first-order chi connectivity index (χ1) is 7.34. The zero-order chi connectivity index (χ0) is 10.3. The molecule has 0 bridgehead atoms. The molecule has 1 fully saturated rings. The summed E-state index contributed by atoms with van der Waals surface area (Å²) in [6.07, 6.45) is 2.36. The van der Waals surface area contributed by atoms with Crippen molar-refractivity contribution in [2.45, 2.75) is 6.10 Å². The van der Waals surface area contributed by atoms with Crippen molar-refractivity contribution < 1.29 is 9.47 Å². The number of fused-ring (bicyclic) bond motifs is 1. The molecule has 3 nitrogen and oxygen atoms in total. The zero-order valence-electron chi connectivity index (χ0n) is 9.14. The largest absolute Gasteiger partial charge is 0.490 e. The summed E-state index contributed by atoms with van der Waals surface area (Å²) in [5, 5.41) is 1.17. The summed E-state index contributed by atoms with van der Waals surface area (Å²) in [5.74, 6) is 0.948. The lowest BCUT2D eigenvalue weighted by Gasteiger charge is -2.05. The summed E-state index contributed by atoms with van der Waals surface area (Å²) in [4.78, 5) is 0. The standard InChI is InChI=1S/C12H13NO2.H2S/c1-13-6-5-10-11(13)3-2-4-12(10)15-8-9-7-14-9;/h2-6,9H,7-8H2,1H3;1H2/t9-;/m0./s1. The average molecular weight is 237 g/mol. The first kappa shape index (κ1) is 11.4. The van der Waals surface area contributed by atoms with Crippen LogP contribution < -0.4 is 4.74 Å². The second-order valence-corrected chi connectivity index (χ2v) is 3.88. The van der Waals surface area contributed by atoms with E-state index in [1.165, 1.54) is 10.9 Å². The third-order valence-corrected chi connectivity index (χ3v) is 2.72. The Morgan fingerprint density at radius 3 is 3.00 bits per heavy atom. The number of hydrogen-bond acceptors (Lipinski definition) is 2. The van der Waals surface area contributed by atoms with Gasteiger partial charge in [-0.05, 0) is 18.2 Å². The van der Waals surface area contributed by atoms with Crippen molar-refractivity contribution in [3.63, 3.8) is 0 Å². The maximum absolute atomic E-state index is 5.72. The topological polar surface area (TPSA) is 26.7 Å². The lowest BCUT2D eigenvalue weighted by Crippen LogP contribution is -2.04. The lowest BCUT2D eigenvalue weighted by atomic mass is 10.2. The maximum atomic E-state index is 5.72. The van der Waals surface area contributed by atoms with E-state index in [0.717, 1.165) is 12.4 Å². The fourth-order valence-corrected chi connectivity index (χ4v) is 1.75. The van der Waals surface area contributed by atoms with Crippen LogP contribution in [-0.2, 0) is 11.8 Å². The highest BCUT2D eigenvalue weighted by Crippen LogP contribution is 2.26. The van der Waals surface area contributed by atoms with Crippen LogP contribution in [0.25, 0.3) is 10.9 Å². The number of ether oxygens (including phenoxy) is 2. The molecule has 2 aromatic rings. The minimum absolute atomic E-state index is 0. The van der Waals surface area contributed by atoms with E-state index in [2.05, 4.69) is 16.7 Å². The van der Waals surface area contributed by atoms with Crippen LogP contribution >= 0.6 is 13.5 Å². The Morgan fingerprint density at radius 1 is 1.44 bits per heavy atom. The predicted octanol–water partition coefficient (Wildman–Crippen LogP) is 2.07. The molecule has 0 radical (unpaired) electrons. The van der Waals surface area contributed by atoms with Crippen molar-refractivity contribution in [1.82, 2.24) is 4.57 Å². The van der Waals surface area contributed by atoms with Gasteiger partial charge in [-0.15, -0.1) is 0 Å². The van der Waals surface area contributed by atoms with Crippen LogP contribution in [0.3, 0.4) is 0 Å². The summed E-state index contributed by atoms with van der Waals surface area (Å²) in [6, 6.07) is 8.20. The molecular formula is C12H15NO2S. The summed E-state index contributed by atoms with van der Waals surface area (Å²) in [7, 11) is 2.04. The molecule has 0 spiro atoms. The summed E-state index contributed by atoms with van der Waals surface area (Å²) in [6.45, 7) is 1.50. The summed E-state index contributed by atoms with van der Waals surface area (Å²) < 4.78 is 12.9. The minimum atomic E-state index is 0. The third kappa shape index (κ3) is 2.03. The molecule has 1 aliphatic heterocycles. The molecule has 3 rings (SSSR count). The number of aryl methyl sites for hydroxylation is 1. The van der Waals surface area contributed by atoms with Crippen LogP contribution in [0.4, 0.5) is 0 Å². The Labute approximate surface area is 101 Å². The van der Waals surface area contributed by atoms with Gasteiger partial charge in [0.05, 0.1) is 12.1 Å². The third-order valence-electron chi connectivity index (χ3n) is 2.72. The second-order valence-electron chi connectivity index (χ2n) is 3.88. The average Bonchev–Trinajstić information content (AvgIpc) is 3.01. The number of epoxide rings is 1. The highest BCUT2D eigenvalue weighted by molar-refractivity contribution is 7.59. The normalized spacial score (nSPS) is 18.2. The molecule has 86 valence electrons. The maximum Gasteiger partial charge on any atom is 0.128 e. The Morgan fingerprint density at radius 2 is 2.25 bits per heavy atom. The van der Waals surface area contributed by atoms with E-state index in [4.69, 9.17) is 9.47 Å². The zero-order valence-corrected chi connectivity index (χ0v) is 10.1. The Balaban J connectivity index is 0.000000963. The van der Waals surface area contributed by atoms with Gasteiger partial charge < -0.3 is 14.0 Å². The van der Waals surface area contributed by atoms with Crippen molar-refractivity contribution in [1.29, 1.82) is 0 Å². The first-order valence-corrected chi connectivity index (χ1v) is 5.13. The molecule has 1 atom stereocenters. The van der Waals surface area contributed by atoms with Crippen molar-refractivity contribution in [2.24, 2.45) is 7.05 Å². The van der Waals surface area contributed by atoms with Gasteiger partial charge in [0, 0.05) is 18.6 Å². The van der Waals surface area contributed by atoms with Gasteiger partial charge in [-0.1, -0.05) is 6.07 Å². The van der Waals surface area contributed by atoms with Gasteiger partial charge in [0.1, 0.15) is 18.5 Å². The summed E-state index contributed by atoms with van der Waals surface area (Å²) >= 11 is 0. The monoisotopic (exact) mass is 237 g/mol. The molecule has 0 unspecified atom stereocenters. The molecule has 4 heteroatoms. The number of aromatic nitrogens is 1. The molecule has 16 heavy (non-hydrogen) atoms. The Kier molecular flexibility index (Phi) is 3.12. The van der Waals surface area contributed by atoms with Gasteiger partial charge in [-0.3, -0.25) is 0 Å². The molecule has 1 aromatic carbocycles. The van der Waals surface area contributed by atoms with E-state index in [0.29, 0.717) is 12.7 Å². The van der Waals surface area contributed by atoms with Gasteiger partial charge in [0.25, 0.3) is 0 Å². The summed E-state index contributed by atoms with van der Waals surface area (Å²) in [5.41, 5.74) is 1.20. The molecular weight excluding hydrogens is 222 g/mol. The van der Waals surface area contributed by atoms with Gasteiger partial charge in [0.2, 0.25) is 0 Å². The van der Waals surface area contributed by atoms with Gasteiger partial charge >= 0.3 is 0 Å². The van der Waals surface area contributed by atoms with E-state index in [9.17, 15) is 0 Å². The number of nitrogens with zero attached hydrogens (tertiary/aromatic N) is 1. The van der Waals surface area contributed by atoms with Gasteiger partial charge in [-0.25, -0.2) is 0 Å². The van der Waals surface area contributed by atoms with Crippen molar-refractivity contribution in [3.05, 3.63) is 30.5 Å². The Hall–Kier alpha value is -1.13. The van der Waals surface area contributed by atoms with Crippen LogP contribution in [0, 0.1) is 0 Å². The van der Waals surface area contributed by atoms with Crippen LogP contribution in [-0.4, -0.2) is 23.9 Å². The van der Waals surface area contributed by atoms with Crippen molar-refractivity contribution in [3.8, 4) is 5.75 Å². The smallest absolute Gasteiger partial charge is 0.128 e. The van der Waals surface area contributed by atoms with Crippen molar-refractivity contribution >= 4 is 24.4 Å². The fourth-order valence-electron chi connectivity index (χ4n) is 1.75. The molecule has 0 N–H and O–H groups in total. The molecule has 0 saturated carbocycles. The van der Waals surface area contributed by atoms with E-state index < -0.39 is 0 Å². The molecule has 0 aliphatic carbocycles. The molecule has 2 heterocycles. The predicted molar refractivity (Wildman–Crippen MR) is 68.5 cm³/mol. The second kappa shape index (κ2) is 4.39. The lowest BCUT2D eigenvalue weighted by molar-refractivity contribution is 0.265. The molecule has 1 aliphatic rings. The van der Waals surface area contributed by atoms with Crippen LogP contribution in [0.5, 0.6) is 5.75 Å². The molecule has 1 aromatic heterocycles. The quantitative estimate of drug-likeness (QED) is 0.764. The van der Waals surface area contributed by atoms with Crippen molar-refractivity contribution in [2.75, 3.05) is 13.2 Å². The minimum Gasteiger partial charge on any atom is -0.490 e. The van der Waals surface area contributed by atoms with Crippen LogP contribution in [0.2, 0.25) is 0 Å². The van der Waals surface area contributed by atoms with E-state index in [-0.39, 0.29) is 13.5 Å². The van der Waals surface area contributed by atoms with Crippen LogP contribution in [0.15, 0.2) is 30.5 Å². The van der Waals surface area contributed by atoms with Crippen LogP contribution in [0.1, 0.15) is 0 Å². The fraction of sp³-hybridized carbons (Fsp3) is 0.333. The highest BCUT2D eigenvalue weighted by atomic mass is 32.1. The number of rotatable bonds is 3. The number of hydrogen-bond donors (Lipinski definition) is 0. The van der Waals surface area contributed by atoms with Gasteiger partial charge in [0.15, 0.2) is 0 Å². The first-order valence-electron chi connectivity index (χ1n) is 5.13. The molecule has 1 saturated heterocycles. The molecule has 0 amide bonds. The van der Waals surface area contributed by atoms with E-state index in [1.807, 2.05) is 25.4 Å². The highest BCUT2D eigenvalue weighted by Gasteiger charge is 2.23. The SMILES string of the molecule is Cn1ccc2c(OC[C@@H]3CO3)cccc21.S. The Bertz CT molecular complexity index is 491. The number of benzene rings is 1.